The quantitative estimate of drug-likeness (QED) is 0.401. The second kappa shape index (κ2) is 5.27. The fraction of sp³-hybridized carbons (Fsp3) is 0.364. The van der Waals surface area contributed by atoms with Crippen LogP contribution in [0.2, 0.25) is 0 Å². The van der Waals surface area contributed by atoms with E-state index in [2.05, 4.69) is 21.2 Å². The predicted octanol–water partition coefficient (Wildman–Crippen LogP) is 2.25. The van der Waals surface area contributed by atoms with E-state index in [1.54, 1.807) is 24.3 Å². The highest BCUT2D eigenvalue weighted by molar-refractivity contribution is 9.10. The molecule has 92 valence electrons. The largest absolute Gasteiger partial charge is 0.342 e. The molecule has 17 heavy (non-hydrogen) atoms. The monoisotopic (exact) mass is 300 g/mol. The van der Waals surface area contributed by atoms with E-state index in [1.165, 1.54) is 13.8 Å². The number of nitrogens with one attached hydrogen (secondary N) is 1. The molecule has 1 rings (SSSR count). The second-order valence-corrected chi connectivity index (χ2v) is 5.43. The molecule has 0 aliphatic carbocycles. The first-order valence-electron chi connectivity index (χ1n) is 5.01. The van der Waals surface area contributed by atoms with E-state index < -0.39 is 15.4 Å². The van der Waals surface area contributed by atoms with Gasteiger partial charge in [-0.3, -0.25) is 14.9 Å². The smallest absolute Gasteiger partial charge is 0.295 e. The highest BCUT2D eigenvalue weighted by Crippen LogP contribution is 2.33. The van der Waals surface area contributed by atoms with Gasteiger partial charge in [-0.25, -0.2) is 0 Å². The number of halogens is 1. The van der Waals surface area contributed by atoms with Gasteiger partial charge in [-0.2, -0.15) is 0 Å². The summed E-state index contributed by atoms with van der Waals surface area (Å²) in [4.78, 5) is 21.7. The maximum atomic E-state index is 11.1. The Morgan fingerprint density at radius 3 is 2.41 bits per heavy atom. The van der Waals surface area contributed by atoms with E-state index in [1.807, 2.05) is 6.07 Å². The Hall–Kier alpha value is -1.43. The van der Waals surface area contributed by atoms with Crippen LogP contribution < -0.4 is 5.32 Å². The number of benzene rings is 1. The predicted molar refractivity (Wildman–Crippen MR) is 67.3 cm³/mol. The van der Waals surface area contributed by atoms with Crippen LogP contribution in [0, 0.1) is 10.1 Å². The van der Waals surface area contributed by atoms with Crippen LogP contribution in [0.3, 0.4) is 0 Å². The van der Waals surface area contributed by atoms with Gasteiger partial charge in [0.15, 0.2) is 0 Å². The van der Waals surface area contributed by atoms with Crippen molar-refractivity contribution in [3.8, 4) is 0 Å². The van der Waals surface area contributed by atoms with Gasteiger partial charge in [0.05, 0.1) is 0 Å². The highest BCUT2D eigenvalue weighted by atomic mass is 79.9. The summed E-state index contributed by atoms with van der Waals surface area (Å²) in [5.41, 5.74) is 0.679. The van der Waals surface area contributed by atoms with Crippen LogP contribution >= 0.6 is 15.9 Å². The van der Waals surface area contributed by atoms with E-state index in [9.17, 15) is 14.9 Å². The highest BCUT2D eigenvalue weighted by Gasteiger charge is 2.44. The maximum Gasteiger partial charge on any atom is 0.295 e. The molecule has 0 aromatic heterocycles. The number of hydrogen-bond donors (Lipinski definition) is 1. The summed E-state index contributed by atoms with van der Waals surface area (Å²) in [6, 6.07) is 8.11. The van der Waals surface area contributed by atoms with Crippen molar-refractivity contribution in [2.75, 3.05) is 0 Å². The van der Waals surface area contributed by atoms with E-state index in [0.717, 1.165) is 0 Å². The Kier molecular flexibility index (Phi) is 4.22. The van der Waals surface area contributed by atoms with Gasteiger partial charge in [0.2, 0.25) is 5.91 Å². The topological polar surface area (TPSA) is 72.2 Å². The number of rotatable bonds is 4. The van der Waals surface area contributed by atoms with Crippen LogP contribution in [0.4, 0.5) is 0 Å². The van der Waals surface area contributed by atoms with Crippen molar-refractivity contribution in [3.05, 3.63) is 46.0 Å². The lowest BCUT2D eigenvalue weighted by Crippen LogP contribution is -2.44. The van der Waals surface area contributed by atoms with E-state index >= 15 is 0 Å². The molecule has 1 amide bonds. The molecule has 1 aromatic rings. The minimum atomic E-state index is -1.44. The molecule has 0 radical (unpaired) electrons. The number of alkyl halides is 1. The fourth-order valence-electron chi connectivity index (χ4n) is 1.47. The average molecular weight is 301 g/mol. The fourth-order valence-corrected chi connectivity index (χ4v) is 1.85. The molecule has 0 fully saturated rings. The summed E-state index contributed by atoms with van der Waals surface area (Å²) >= 11 is 3.06. The van der Waals surface area contributed by atoms with Gasteiger partial charge in [-0.1, -0.05) is 30.3 Å². The standard InChI is InChI=1S/C11H13BrN2O3/c1-8(15)13-10(11(2,12)14(16)17)9-6-4-3-5-7-9/h3-7,10H,1-2H3,(H,13,15)/t10-,11+/m0/s1. The van der Waals surface area contributed by atoms with E-state index in [4.69, 9.17) is 0 Å². The zero-order chi connectivity index (χ0) is 13.1. The first-order chi connectivity index (χ1) is 7.85. The summed E-state index contributed by atoms with van der Waals surface area (Å²) in [6.45, 7) is 2.75. The normalized spacial score (nSPS) is 15.7. The summed E-state index contributed by atoms with van der Waals surface area (Å²) in [5, 5.41) is 13.6. The molecule has 6 heteroatoms. The minimum absolute atomic E-state index is 0.314. The summed E-state index contributed by atoms with van der Waals surface area (Å²) in [6.07, 6.45) is 0. The average Bonchev–Trinajstić information content (AvgIpc) is 2.26. The van der Waals surface area contributed by atoms with E-state index in [0.29, 0.717) is 5.56 Å². The van der Waals surface area contributed by atoms with E-state index in [-0.39, 0.29) is 5.91 Å². The van der Waals surface area contributed by atoms with Gasteiger partial charge in [-0.15, -0.1) is 0 Å². The summed E-state index contributed by atoms with van der Waals surface area (Å²) in [7, 11) is 0. The molecule has 0 spiro atoms. The molecule has 0 aliphatic heterocycles. The number of nitro groups is 1. The molecule has 1 N–H and O–H groups in total. The first-order valence-corrected chi connectivity index (χ1v) is 5.80. The first kappa shape index (κ1) is 13.6. The van der Waals surface area contributed by atoms with Crippen molar-refractivity contribution < 1.29 is 9.72 Å². The van der Waals surface area contributed by atoms with Crippen LogP contribution in [0.5, 0.6) is 0 Å². The van der Waals surface area contributed by atoms with Crippen molar-refractivity contribution >= 4 is 21.8 Å². The van der Waals surface area contributed by atoms with Gasteiger partial charge in [0.1, 0.15) is 6.04 Å². The van der Waals surface area contributed by atoms with Crippen molar-refractivity contribution in [2.45, 2.75) is 24.3 Å². The third-order valence-electron chi connectivity index (χ3n) is 2.36. The van der Waals surface area contributed by atoms with Gasteiger partial charge < -0.3 is 5.32 Å². The maximum absolute atomic E-state index is 11.1. The Morgan fingerprint density at radius 2 is 2.00 bits per heavy atom. The molecular weight excluding hydrogens is 288 g/mol. The molecule has 0 saturated carbocycles. The number of carbonyl (C=O) groups excluding carboxylic acids is 1. The zero-order valence-electron chi connectivity index (χ0n) is 9.51. The van der Waals surface area contributed by atoms with Crippen LogP contribution in [-0.4, -0.2) is 15.3 Å². The molecule has 1 aromatic carbocycles. The molecule has 2 atom stereocenters. The number of amides is 1. The lowest BCUT2D eigenvalue weighted by Gasteiger charge is -2.25. The van der Waals surface area contributed by atoms with Crippen LogP contribution in [-0.2, 0) is 4.79 Å². The zero-order valence-corrected chi connectivity index (χ0v) is 11.1. The molecule has 0 bridgehead atoms. The third kappa shape index (κ3) is 3.26. The van der Waals surface area contributed by atoms with Crippen LogP contribution in [0.25, 0.3) is 0 Å². The molecule has 0 heterocycles. The Labute approximate surface area is 107 Å². The van der Waals surface area contributed by atoms with Crippen LogP contribution in [0.1, 0.15) is 25.5 Å². The Morgan fingerprint density at radius 1 is 1.47 bits per heavy atom. The van der Waals surface area contributed by atoms with Crippen molar-refractivity contribution in [2.24, 2.45) is 0 Å². The minimum Gasteiger partial charge on any atom is -0.342 e. The van der Waals surface area contributed by atoms with Crippen molar-refractivity contribution in [1.82, 2.24) is 5.32 Å². The van der Waals surface area contributed by atoms with Gasteiger partial charge in [0, 0.05) is 34.7 Å². The molecular formula is C11H13BrN2O3. The summed E-state index contributed by atoms with van der Waals surface area (Å²) in [5.74, 6) is -0.314. The Balaban J connectivity index is 3.13. The second-order valence-electron chi connectivity index (χ2n) is 3.83. The molecule has 5 nitrogen and oxygen atoms in total. The lowest BCUT2D eigenvalue weighted by atomic mass is 10.0. The van der Waals surface area contributed by atoms with Gasteiger partial charge in [0.25, 0.3) is 4.45 Å². The molecule has 0 aliphatic rings. The van der Waals surface area contributed by atoms with Crippen molar-refractivity contribution in [3.63, 3.8) is 0 Å². The van der Waals surface area contributed by atoms with Gasteiger partial charge in [-0.05, 0) is 5.56 Å². The molecule has 0 saturated heterocycles. The number of carbonyl (C=O) groups is 1. The SMILES string of the molecule is CC(=O)N[C@@H](c1ccccc1)[C@](C)(Br)[N+](=O)[O-]. The lowest BCUT2D eigenvalue weighted by molar-refractivity contribution is -0.536. The third-order valence-corrected chi connectivity index (χ3v) is 3.11. The van der Waals surface area contributed by atoms with Crippen molar-refractivity contribution in [1.29, 1.82) is 0 Å². The number of hydrogen-bond acceptors (Lipinski definition) is 3. The molecule has 0 unspecified atom stereocenters. The van der Waals surface area contributed by atoms with Crippen LogP contribution in [0.15, 0.2) is 30.3 Å². The number of nitrogens with zero attached hydrogens (tertiary/aromatic N) is 1. The summed E-state index contributed by atoms with van der Waals surface area (Å²) < 4.78 is -1.44. The Bertz CT molecular complexity index is 420. The van der Waals surface area contributed by atoms with Gasteiger partial charge >= 0.3 is 0 Å².